The Morgan fingerprint density at radius 2 is 1.79 bits per heavy atom. The van der Waals surface area contributed by atoms with Gasteiger partial charge in [-0.2, -0.15) is 0 Å². The highest BCUT2D eigenvalue weighted by atomic mass is 79.9. The van der Waals surface area contributed by atoms with E-state index in [1.807, 2.05) is 6.07 Å². The van der Waals surface area contributed by atoms with Crippen LogP contribution in [0.25, 0.3) is 5.76 Å². The molecule has 4 heteroatoms. The van der Waals surface area contributed by atoms with Crippen LogP contribution >= 0.6 is 15.9 Å². The highest BCUT2D eigenvalue weighted by Gasteiger charge is 2.11. The summed E-state index contributed by atoms with van der Waals surface area (Å²) >= 11 is 3.23. The summed E-state index contributed by atoms with van der Waals surface area (Å²) in [6, 6.07) is 13.3. The summed E-state index contributed by atoms with van der Waals surface area (Å²) in [7, 11) is 0. The van der Waals surface area contributed by atoms with E-state index in [2.05, 4.69) is 15.9 Å². The lowest BCUT2D eigenvalue weighted by Crippen LogP contribution is -1.97. The Morgan fingerprint density at radius 3 is 2.47 bits per heavy atom. The molecule has 0 atom stereocenters. The van der Waals surface area contributed by atoms with Crippen molar-refractivity contribution in [2.24, 2.45) is 0 Å². The van der Waals surface area contributed by atoms with Gasteiger partial charge in [0.05, 0.1) is 5.56 Å². The first-order chi connectivity index (χ1) is 9.08. The van der Waals surface area contributed by atoms with E-state index in [4.69, 9.17) is 0 Å². The molecule has 0 fully saturated rings. The second kappa shape index (κ2) is 5.71. The number of ketones is 1. The largest absolute Gasteiger partial charge is 0.507 e. The molecule has 96 valence electrons. The molecule has 0 spiro atoms. The summed E-state index contributed by atoms with van der Waals surface area (Å²) < 4.78 is 0.682. The molecule has 0 aliphatic carbocycles. The number of aliphatic hydroxyl groups excluding tert-OH is 1. The zero-order valence-electron chi connectivity index (χ0n) is 9.88. The standard InChI is InChI=1S/C15H11BrO3/c16-11-6-7-13(17)12(8-11)15(19)9-14(18)10-4-2-1-3-5-10/h1-9,17-18H/b14-9+. The molecule has 0 aromatic heterocycles. The summed E-state index contributed by atoms with van der Waals surface area (Å²) in [6.45, 7) is 0. The SMILES string of the molecule is O=C(/C=C(/O)c1ccccc1)c1cc(Br)ccc1O. The molecule has 0 bridgehead atoms. The Kier molecular flexibility index (Phi) is 4.02. The number of carbonyl (C=O) groups is 1. The molecule has 0 aliphatic rings. The van der Waals surface area contributed by atoms with Crippen LogP contribution in [0.4, 0.5) is 0 Å². The third kappa shape index (κ3) is 3.23. The zero-order chi connectivity index (χ0) is 13.8. The fourth-order valence-electron chi connectivity index (χ4n) is 1.60. The summed E-state index contributed by atoms with van der Waals surface area (Å²) in [5.74, 6) is -0.713. The number of carbonyl (C=O) groups excluding carboxylic acids is 1. The number of aromatic hydroxyl groups is 1. The maximum atomic E-state index is 12.0. The number of aliphatic hydroxyl groups is 1. The van der Waals surface area contributed by atoms with Crippen molar-refractivity contribution in [1.29, 1.82) is 0 Å². The average Bonchev–Trinajstić information content (AvgIpc) is 2.42. The molecular formula is C15H11BrO3. The van der Waals surface area contributed by atoms with Gasteiger partial charge in [0.2, 0.25) is 0 Å². The first-order valence-electron chi connectivity index (χ1n) is 5.57. The van der Waals surface area contributed by atoms with E-state index in [0.29, 0.717) is 10.0 Å². The van der Waals surface area contributed by atoms with E-state index in [1.165, 1.54) is 12.1 Å². The molecule has 0 aliphatic heterocycles. The highest BCUT2D eigenvalue weighted by molar-refractivity contribution is 9.10. The van der Waals surface area contributed by atoms with E-state index in [1.54, 1.807) is 30.3 Å². The molecule has 2 rings (SSSR count). The molecule has 0 saturated heterocycles. The van der Waals surface area contributed by atoms with E-state index in [0.717, 1.165) is 6.08 Å². The number of rotatable bonds is 3. The van der Waals surface area contributed by atoms with Crippen molar-refractivity contribution in [1.82, 2.24) is 0 Å². The second-order valence-electron chi connectivity index (χ2n) is 3.92. The van der Waals surface area contributed by atoms with Gasteiger partial charge in [-0.05, 0) is 18.2 Å². The zero-order valence-corrected chi connectivity index (χ0v) is 11.5. The molecule has 3 nitrogen and oxygen atoms in total. The van der Waals surface area contributed by atoms with Crippen molar-refractivity contribution < 1.29 is 15.0 Å². The molecule has 2 aromatic carbocycles. The van der Waals surface area contributed by atoms with Crippen molar-refractivity contribution in [2.45, 2.75) is 0 Å². The summed E-state index contributed by atoms with van der Waals surface area (Å²) in [6.07, 6.45) is 1.09. The number of hydrogen-bond donors (Lipinski definition) is 2. The number of phenolic OH excluding ortho intramolecular Hbond substituents is 1. The Hall–Kier alpha value is -2.07. The molecule has 2 aromatic rings. The Bertz CT molecular complexity index is 633. The van der Waals surface area contributed by atoms with Crippen LogP contribution in [0, 0.1) is 0 Å². The minimum Gasteiger partial charge on any atom is -0.507 e. The smallest absolute Gasteiger partial charge is 0.193 e. The van der Waals surface area contributed by atoms with Crippen molar-refractivity contribution in [3.05, 3.63) is 70.2 Å². The van der Waals surface area contributed by atoms with E-state index < -0.39 is 5.78 Å². The molecule has 2 N–H and O–H groups in total. The maximum Gasteiger partial charge on any atom is 0.193 e. The van der Waals surface area contributed by atoms with Crippen LogP contribution in [0.3, 0.4) is 0 Å². The fraction of sp³-hybridized carbons (Fsp3) is 0. The quantitative estimate of drug-likeness (QED) is 0.512. The van der Waals surface area contributed by atoms with Gasteiger partial charge >= 0.3 is 0 Å². The van der Waals surface area contributed by atoms with E-state index in [-0.39, 0.29) is 17.1 Å². The molecule has 0 radical (unpaired) electrons. The van der Waals surface area contributed by atoms with E-state index >= 15 is 0 Å². The predicted octanol–water partition coefficient (Wildman–Crippen LogP) is 3.94. The van der Waals surface area contributed by atoms with Crippen LogP contribution in [0.2, 0.25) is 0 Å². The van der Waals surface area contributed by atoms with Gasteiger partial charge in [0.1, 0.15) is 11.5 Å². The minimum atomic E-state index is -0.458. The van der Waals surface area contributed by atoms with Gasteiger partial charge in [0.25, 0.3) is 0 Å². The third-order valence-corrected chi connectivity index (χ3v) is 3.05. The number of hydrogen-bond acceptors (Lipinski definition) is 3. The fourth-order valence-corrected chi connectivity index (χ4v) is 1.96. The van der Waals surface area contributed by atoms with Gasteiger partial charge in [0.15, 0.2) is 5.78 Å². The van der Waals surface area contributed by atoms with Gasteiger partial charge < -0.3 is 10.2 Å². The lowest BCUT2D eigenvalue weighted by atomic mass is 10.1. The van der Waals surface area contributed by atoms with Crippen molar-refractivity contribution in [3.63, 3.8) is 0 Å². The summed E-state index contributed by atoms with van der Waals surface area (Å²) in [5.41, 5.74) is 0.683. The Balaban J connectivity index is 2.33. The lowest BCUT2D eigenvalue weighted by Gasteiger charge is -2.03. The molecule has 0 unspecified atom stereocenters. The van der Waals surface area contributed by atoms with Gasteiger partial charge in [-0.15, -0.1) is 0 Å². The van der Waals surface area contributed by atoms with Crippen LogP contribution in [0.15, 0.2) is 59.1 Å². The normalized spacial score (nSPS) is 11.3. The third-order valence-electron chi connectivity index (χ3n) is 2.56. The Labute approximate surface area is 119 Å². The van der Waals surface area contributed by atoms with Crippen LogP contribution in [-0.4, -0.2) is 16.0 Å². The molecule has 0 saturated carbocycles. The van der Waals surface area contributed by atoms with Gasteiger partial charge in [-0.3, -0.25) is 4.79 Å². The number of benzene rings is 2. The van der Waals surface area contributed by atoms with Gasteiger partial charge in [-0.25, -0.2) is 0 Å². The minimum absolute atomic E-state index is 0.120. The van der Waals surface area contributed by atoms with Crippen molar-refractivity contribution >= 4 is 27.5 Å². The van der Waals surface area contributed by atoms with Crippen LogP contribution in [0.5, 0.6) is 5.75 Å². The number of allylic oxidation sites excluding steroid dienone is 1. The highest BCUT2D eigenvalue weighted by Crippen LogP contribution is 2.23. The average molecular weight is 319 g/mol. The molecule has 19 heavy (non-hydrogen) atoms. The van der Waals surface area contributed by atoms with Gasteiger partial charge in [0, 0.05) is 16.1 Å². The molecular weight excluding hydrogens is 308 g/mol. The van der Waals surface area contributed by atoms with Crippen molar-refractivity contribution in [2.75, 3.05) is 0 Å². The van der Waals surface area contributed by atoms with Crippen LogP contribution < -0.4 is 0 Å². The van der Waals surface area contributed by atoms with E-state index in [9.17, 15) is 15.0 Å². The van der Waals surface area contributed by atoms with Gasteiger partial charge in [-0.1, -0.05) is 46.3 Å². The molecule has 0 amide bonds. The number of phenols is 1. The first-order valence-corrected chi connectivity index (χ1v) is 6.36. The molecule has 0 heterocycles. The lowest BCUT2D eigenvalue weighted by molar-refractivity contribution is 0.104. The number of halogens is 1. The van der Waals surface area contributed by atoms with Crippen molar-refractivity contribution in [3.8, 4) is 5.75 Å². The Morgan fingerprint density at radius 1 is 1.11 bits per heavy atom. The summed E-state index contributed by atoms with van der Waals surface area (Å²) in [4.78, 5) is 12.0. The predicted molar refractivity (Wildman–Crippen MR) is 77.2 cm³/mol. The monoisotopic (exact) mass is 318 g/mol. The first kappa shape index (κ1) is 13.4. The maximum absolute atomic E-state index is 12.0. The van der Waals surface area contributed by atoms with Crippen LogP contribution in [0.1, 0.15) is 15.9 Å². The second-order valence-corrected chi connectivity index (χ2v) is 4.84. The van der Waals surface area contributed by atoms with Crippen LogP contribution in [-0.2, 0) is 0 Å². The summed E-state index contributed by atoms with van der Waals surface area (Å²) in [5, 5.41) is 19.5. The topological polar surface area (TPSA) is 57.5 Å².